The smallest absolute Gasteiger partial charge is 0.244 e. The molecule has 0 radical (unpaired) electrons. The minimum Gasteiger partial charge on any atom is -0.244 e. The number of hydrogen-bond donors (Lipinski definition) is 0. The molecule has 1 aromatic heterocycles. The van der Waals surface area contributed by atoms with Gasteiger partial charge in [0.1, 0.15) is 5.69 Å². The van der Waals surface area contributed by atoms with E-state index in [0.717, 1.165) is 29.8 Å². The van der Waals surface area contributed by atoms with Crippen LogP contribution in [0, 0.1) is 11.8 Å². The third-order valence-corrected chi connectivity index (χ3v) is 4.01. The van der Waals surface area contributed by atoms with Crippen LogP contribution in [-0.4, -0.2) is 15.0 Å². The van der Waals surface area contributed by atoms with Crippen LogP contribution >= 0.6 is 0 Å². The quantitative estimate of drug-likeness (QED) is 0.275. The molecule has 0 amide bonds. The topological polar surface area (TPSA) is 30.7 Å². The van der Waals surface area contributed by atoms with Gasteiger partial charge in [0, 0.05) is 12.1 Å². The van der Waals surface area contributed by atoms with Crippen LogP contribution in [0.4, 0.5) is 0 Å². The Morgan fingerprint density at radius 3 is 2.29 bits per heavy atom. The van der Waals surface area contributed by atoms with Crippen molar-refractivity contribution in [3.8, 4) is 11.8 Å². The van der Waals surface area contributed by atoms with Gasteiger partial charge in [-0.15, -0.1) is 10.7 Å². The van der Waals surface area contributed by atoms with Gasteiger partial charge in [0.25, 0.3) is 0 Å². The second kappa shape index (κ2) is 11.8. The van der Waals surface area contributed by atoms with Gasteiger partial charge in [0.05, 0.1) is 5.69 Å². The van der Waals surface area contributed by atoms with Crippen molar-refractivity contribution in [2.75, 3.05) is 0 Å². The molecule has 4 aromatic rings. The summed E-state index contributed by atoms with van der Waals surface area (Å²) in [5, 5.41) is 8.60. The van der Waals surface area contributed by atoms with Crippen LogP contribution < -0.4 is 0 Å². The average molecular weight is 409 g/mol. The van der Waals surface area contributed by atoms with E-state index in [1.807, 2.05) is 77.5 Å². The second-order valence-corrected chi connectivity index (χ2v) is 6.16. The van der Waals surface area contributed by atoms with E-state index in [4.69, 9.17) is 0 Å². The Labute approximate surface area is 177 Å². The maximum Gasteiger partial charge on any atom is 2.00 e. The molecule has 3 nitrogen and oxygen atoms in total. The zero-order valence-corrected chi connectivity index (χ0v) is 17.0. The van der Waals surface area contributed by atoms with E-state index in [9.17, 15) is 0 Å². The van der Waals surface area contributed by atoms with Gasteiger partial charge in [-0.25, -0.2) is 28.9 Å². The Morgan fingerprint density at radius 1 is 0.964 bits per heavy atom. The van der Waals surface area contributed by atoms with E-state index in [1.165, 1.54) is 5.56 Å². The summed E-state index contributed by atoms with van der Waals surface area (Å²) in [4.78, 5) is 0. The molecule has 0 fully saturated rings. The van der Waals surface area contributed by atoms with E-state index >= 15 is 0 Å². The number of aryl methyl sites for hydroxylation is 1. The maximum atomic E-state index is 4.31. The van der Waals surface area contributed by atoms with Gasteiger partial charge < -0.3 is 0 Å². The van der Waals surface area contributed by atoms with Gasteiger partial charge in [0.2, 0.25) is 0 Å². The molecule has 0 aliphatic heterocycles. The molecule has 0 saturated heterocycles. The fraction of sp³-hybridized carbons (Fsp3) is 0.167. The molecule has 0 unspecified atom stereocenters. The van der Waals surface area contributed by atoms with Crippen molar-refractivity contribution >= 4 is 0 Å². The van der Waals surface area contributed by atoms with Crippen molar-refractivity contribution in [3.05, 3.63) is 107 Å². The summed E-state index contributed by atoms with van der Waals surface area (Å²) in [5.74, 6) is 6.48. The minimum atomic E-state index is 0. The fourth-order valence-corrected chi connectivity index (χ4v) is 2.67. The Balaban J connectivity index is 0.000000408. The third-order valence-electron chi connectivity index (χ3n) is 4.01. The molecule has 3 aromatic carbocycles. The third kappa shape index (κ3) is 6.39. The van der Waals surface area contributed by atoms with Crippen molar-refractivity contribution in [2.24, 2.45) is 0 Å². The first-order valence-corrected chi connectivity index (χ1v) is 9.23. The summed E-state index contributed by atoms with van der Waals surface area (Å²) in [7, 11) is 0. The summed E-state index contributed by atoms with van der Waals surface area (Å²) >= 11 is 0. The zero-order chi connectivity index (χ0) is 18.7. The van der Waals surface area contributed by atoms with Gasteiger partial charge in [-0.1, -0.05) is 42.7 Å². The molecule has 1 heterocycles. The molecule has 0 aliphatic carbocycles. The maximum absolute atomic E-state index is 4.31. The molecule has 142 valence electrons. The van der Waals surface area contributed by atoms with Gasteiger partial charge >= 0.3 is 17.1 Å². The van der Waals surface area contributed by atoms with Crippen LogP contribution in [0.25, 0.3) is 0 Å². The Hall–Kier alpha value is -2.86. The first-order chi connectivity index (χ1) is 13.4. The summed E-state index contributed by atoms with van der Waals surface area (Å²) in [6.45, 7) is 2.85. The molecular weight excluding hydrogens is 386 g/mol. The standard InChI is InChI=1S/C19H18N3.C5H5.Fe/c1-2-8-18-19(14-13-16-9-4-3-5-10-16)22(21-20-18)15-17-11-6-7-12-17;1-2-4-5-3-1;/h3-7,9-12H,2,8,15H2,1H3;1-5H;/q2*-1;+2. The summed E-state index contributed by atoms with van der Waals surface area (Å²) < 4.78 is 1.90. The van der Waals surface area contributed by atoms with E-state index in [0.29, 0.717) is 6.54 Å². The SMILES string of the molecule is CCCc1nnn(C[c-]2cccc2)c1C#Cc1ccccc1.[Fe+2].c1cc[cH-]c1. The molecule has 0 N–H and O–H groups in total. The van der Waals surface area contributed by atoms with Gasteiger partial charge in [-0.3, -0.25) is 0 Å². The summed E-state index contributed by atoms with van der Waals surface area (Å²) in [6.07, 6.45) is 1.94. The first kappa shape index (κ1) is 21.4. The largest absolute Gasteiger partial charge is 2.00 e. The molecule has 4 heteroatoms. The normalized spacial score (nSPS) is 9.46. The molecular formula is C24H23FeN3. The predicted molar refractivity (Wildman–Crippen MR) is 110 cm³/mol. The summed E-state index contributed by atoms with van der Waals surface area (Å²) in [6, 6.07) is 28.3. The van der Waals surface area contributed by atoms with Crippen molar-refractivity contribution < 1.29 is 17.1 Å². The minimum absolute atomic E-state index is 0. The van der Waals surface area contributed by atoms with Gasteiger partial charge in [0.15, 0.2) is 0 Å². The molecule has 0 spiro atoms. The zero-order valence-electron chi connectivity index (χ0n) is 15.9. The molecule has 0 atom stereocenters. The number of rotatable bonds is 4. The summed E-state index contributed by atoms with van der Waals surface area (Å²) in [5.41, 5.74) is 4.13. The molecule has 0 saturated carbocycles. The van der Waals surface area contributed by atoms with Crippen molar-refractivity contribution in [2.45, 2.75) is 26.3 Å². The molecule has 0 aliphatic rings. The number of nitrogens with zero attached hydrogens (tertiary/aromatic N) is 3. The number of benzene rings is 1. The fourth-order valence-electron chi connectivity index (χ4n) is 2.67. The van der Waals surface area contributed by atoms with E-state index in [2.05, 4.69) is 41.2 Å². The molecule has 4 rings (SSSR count). The van der Waals surface area contributed by atoms with Crippen LogP contribution in [0.2, 0.25) is 0 Å². The predicted octanol–water partition coefficient (Wildman–Crippen LogP) is 4.80. The van der Waals surface area contributed by atoms with Crippen LogP contribution in [0.15, 0.2) is 84.9 Å². The first-order valence-electron chi connectivity index (χ1n) is 9.23. The van der Waals surface area contributed by atoms with Crippen molar-refractivity contribution in [3.63, 3.8) is 0 Å². The number of aromatic nitrogens is 3. The van der Waals surface area contributed by atoms with Crippen LogP contribution in [0.5, 0.6) is 0 Å². The van der Waals surface area contributed by atoms with E-state index in [1.54, 1.807) is 0 Å². The Kier molecular flexibility index (Phi) is 9.01. The van der Waals surface area contributed by atoms with E-state index in [-0.39, 0.29) is 17.1 Å². The van der Waals surface area contributed by atoms with Crippen LogP contribution in [0.3, 0.4) is 0 Å². The molecule has 0 bridgehead atoms. The Morgan fingerprint density at radius 2 is 1.68 bits per heavy atom. The van der Waals surface area contributed by atoms with Gasteiger partial charge in [-0.2, -0.15) is 30.3 Å². The van der Waals surface area contributed by atoms with E-state index < -0.39 is 0 Å². The van der Waals surface area contributed by atoms with Crippen molar-refractivity contribution in [1.82, 2.24) is 15.0 Å². The second-order valence-electron chi connectivity index (χ2n) is 6.16. The number of hydrogen-bond acceptors (Lipinski definition) is 2. The average Bonchev–Trinajstić information content (AvgIpc) is 3.47. The van der Waals surface area contributed by atoms with Crippen LogP contribution in [0.1, 0.15) is 35.9 Å². The monoisotopic (exact) mass is 409 g/mol. The Bertz CT molecular complexity index is 939. The van der Waals surface area contributed by atoms with Gasteiger partial charge in [-0.05, 0) is 24.5 Å². The molecule has 28 heavy (non-hydrogen) atoms. The van der Waals surface area contributed by atoms with Crippen LogP contribution in [-0.2, 0) is 30.0 Å². The van der Waals surface area contributed by atoms with Crippen molar-refractivity contribution in [1.29, 1.82) is 0 Å².